The molecule has 0 amide bonds. The first kappa shape index (κ1) is 55.7. The molecule has 66 heavy (non-hydrogen) atoms. The van der Waals surface area contributed by atoms with Crippen LogP contribution in [0.5, 0.6) is 17.2 Å². The molecule has 0 heterocycles. The van der Waals surface area contributed by atoms with E-state index in [0.29, 0.717) is 63.3 Å². The van der Waals surface area contributed by atoms with Crippen LogP contribution in [0.15, 0.2) is 72.8 Å². The molecule has 0 saturated carbocycles. The van der Waals surface area contributed by atoms with E-state index in [1.807, 2.05) is 0 Å². The molecule has 12 heteroatoms. The van der Waals surface area contributed by atoms with E-state index in [2.05, 4.69) is 6.92 Å². The number of rotatable bonds is 43. The summed E-state index contributed by atoms with van der Waals surface area (Å²) in [7, 11) is 0. The van der Waals surface area contributed by atoms with Crippen molar-refractivity contribution >= 4 is 17.9 Å². The van der Waals surface area contributed by atoms with E-state index >= 15 is 0 Å². The van der Waals surface area contributed by atoms with Crippen LogP contribution in [0, 0.1) is 0 Å². The van der Waals surface area contributed by atoms with Crippen LogP contribution in [0.3, 0.4) is 0 Å². The highest BCUT2D eigenvalue weighted by Crippen LogP contribution is 2.24. The monoisotopic (exact) mass is 921 g/mol. The van der Waals surface area contributed by atoms with Crippen molar-refractivity contribution in [3.8, 4) is 17.2 Å². The molecular formula is C54H80O12. The second kappa shape index (κ2) is 35.5. The Morgan fingerprint density at radius 3 is 0.727 bits per heavy atom. The second-order valence-electron chi connectivity index (χ2n) is 17.1. The van der Waals surface area contributed by atoms with Gasteiger partial charge in [-0.2, -0.15) is 0 Å². The highest BCUT2D eigenvalue weighted by molar-refractivity contribution is 5.88. The lowest BCUT2D eigenvalue weighted by Crippen LogP contribution is -2.39. The smallest absolute Gasteiger partial charge is 0.335 e. The molecule has 0 aromatic heterocycles. The second-order valence-corrected chi connectivity index (χ2v) is 17.1. The highest BCUT2D eigenvalue weighted by atomic mass is 16.9. The van der Waals surface area contributed by atoms with Crippen LogP contribution in [0.1, 0.15) is 199 Å². The van der Waals surface area contributed by atoms with Crippen LogP contribution in [-0.2, 0) is 14.2 Å². The first-order chi connectivity index (χ1) is 32.2. The van der Waals surface area contributed by atoms with Crippen LogP contribution >= 0.6 is 0 Å². The average molecular weight is 921 g/mol. The molecule has 12 nitrogen and oxygen atoms in total. The lowest BCUT2D eigenvalue weighted by Gasteiger charge is -2.32. The first-order valence-electron chi connectivity index (χ1n) is 25.0. The summed E-state index contributed by atoms with van der Waals surface area (Å²) in [6, 6.07) is 19.7. The highest BCUT2D eigenvalue weighted by Gasteiger charge is 2.31. The van der Waals surface area contributed by atoms with Gasteiger partial charge in [-0.3, -0.25) is 0 Å². The molecule has 3 aromatic rings. The zero-order chi connectivity index (χ0) is 47.3. The van der Waals surface area contributed by atoms with Gasteiger partial charge in [-0.25, -0.2) is 14.4 Å². The van der Waals surface area contributed by atoms with Crippen LogP contribution in [0.25, 0.3) is 0 Å². The summed E-state index contributed by atoms with van der Waals surface area (Å²) >= 11 is 0. The molecule has 3 aromatic carbocycles. The van der Waals surface area contributed by atoms with Crippen molar-refractivity contribution in [2.24, 2.45) is 0 Å². The third-order valence-electron chi connectivity index (χ3n) is 11.6. The van der Waals surface area contributed by atoms with Crippen molar-refractivity contribution in [3.63, 3.8) is 0 Å². The van der Waals surface area contributed by atoms with E-state index in [9.17, 15) is 14.4 Å². The van der Waals surface area contributed by atoms with Crippen LogP contribution < -0.4 is 14.2 Å². The predicted molar refractivity (Wildman–Crippen MR) is 258 cm³/mol. The summed E-state index contributed by atoms with van der Waals surface area (Å²) in [6.07, 6.45) is 27.4. The van der Waals surface area contributed by atoms with Gasteiger partial charge in [0.1, 0.15) is 17.2 Å². The van der Waals surface area contributed by atoms with Gasteiger partial charge in [-0.05, 0) is 111 Å². The summed E-state index contributed by atoms with van der Waals surface area (Å²) < 4.78 is 36.5. The molecule has 0 aliphatic rings. The Hall–Kier alpha value is -4.65. The molecular weight excluding hydrogens is 841 g/mol. The summed E-state index contributed by atoms with van der Waals surface area (Å²) in [5, 5.41) is 27.1. The number of carboxylic acid groups (broad SMARTS) is 3. The molecule has 0 unspecified atom stereocenters. The molecule has 3 rings (SSSR count). The van der Waals surface area contributed by atoms with E-state index in [4.69, 9.17) is 43.7 Å². The Morgan fingerprint density at radius 1 is 0.333 bits per heavy atom. The van der Waals surface area contributed by atoms with E-state index in [-0.39, 0.29) is 16.7 Å². The van der Waals surface area contributed by atoms with Gasteiger partial charge in [0.15, 0.2) is 0 Å². The minimum atomic E-state index is -0.999. The van der Waals surface area contributed by atoms with Gasteiger partial charge in [0, 0.05) is 6.42 Å². The summed E-state index contributed by atoms with van der Waals surface area (Å²) in [5.41, 5.74) is 0.792. The van der Waals surface area contributed by atoms with E-state index < -0.39 is 23.9 Å². The van der Waals surface area contributed by atoms with Crippen molar-refractivity contribution in [3.05, 3.63) is 89.5 Å². The summed E-state index contributed by atoms with van der Waals surface area (Å²) in [4.78, 5) is 33.0. The number of carbonyl (C=O) groups is 3. The molecule has 0 aliphatic heterocycles. The lowest BCUT2D eigenvalue weighted by molar-refractivity contribution is -0.382. The maximum Gasteiger partial charge on any atom is 0.335 e. The van der Waals surface area contributed by atoms with Crippen LogP contribution in [0.2, 0.25) is 0 Å². The van der Waals surface area contributed by atoms with Gasteiger partial charge >= 0.3 is 17.9 Å². The Bertz CT molecular complexity index is 1500. The van der Waals surface area contributed by atoms with E-state index in [0.717, 1.165) is 77.0 Å². The van der Waals surface area contributed by atoms with Crippen molar-refractivity contribution in [2.45, 2.75) is 173 Å². The third kappa shape index (κ3) is 25.9. The minimum Gasteiger partial charge on any atom is -0.494 e. The van der Waals surface area contributed by atoms with Crippen molar-refractivity contribution < 1.29 is 58.1 Å². The fraction of sp³-hybridized carbons (Fsp3) is 0.611. The molecule has 0 saturated heterocycles. The maximum atomic E-state index is 11.0. The zero-order valence-corrected chi connectivity index (χ0v) is 39.9. The van der Waals surface area contributed by atoms with Crippen molar-refractivity contribution in [1.29, 1.82) is 0 Å². The fourth-order valence-electron chi connectivity index (χ4n) is 7.56. The quantitative estimate of drug-likeness (QED) is 0.0364. The van der Waals surface area contributed by atoms with Gasteiger partial charge in [0.05, 0.1) is 56.3 Å². The van der Waals surface area contributed by atoms with Crippen LogP contribution in [0.4, 0.5) is 0 Å². The number of benzene rings is 3. The van der Waals surface area contributed by atoms with E-state index in [1.54, 1.807) is 72.8 Å². The number of ether oxygens (including phenoxy) is 6. The van der Waals surface area contributed by atoms with Crippen LogP contribution in [-0.4, -0.2) is 78.8 Å². The number of hydrogen-bond donors (Lipinski definition) is 3. The largest absolute Gasteiger partial charge is 0.494 e. The van der Waals surface area contributed by atoms with Gasteiger partial charge in [0.2, 0.25) is 0 Å². The predicted octanol–water partition coefficient (Wildman–Crippen LogP) is 13.8. The van der Waals surface area contributed by atoms with Gasteiger partial charge in [-0.15, -0.1) is 0 Å². The Morgan fingerprint density at radius 2 is 0.530 bits per heavy atom. The average Bonchev–Trinajstić information content (AvgIpc) is 3.32. The standard InChI is InChI=1S/C54H80O12/c1-2-54(64-42-24-18-12-6-3-9-15-21-39-61-48-33-27-45(28-34-48)51(55)56,65-43-25-19-13-7-4-10-16-22-40-62-49-35-29-46(30-36-49)52(57)58)66-44-26-20-14-8-5-11-17-23-41-63-50-37-31-47(32-38-50)53(59)60/h27-38H,2-26,39-44H2,1H3,(H,55,56)(H,57,58)(H,59,60). The van der Waals surface area contributed by atoms with E-state index in [1.165, 1.54) is 77.0 Å². The third-order valence-corrected chi connectivity index (χ3v) is 11.6. The Kier molecular flexibility index (Phi) is 30.0. The SMILES string of the molecule is CCC(OCCCCCCCCCCOc1ccc(C(=O)O)cc1)(OCCCCCCCCCCOc1ccc(C(=O)O)cc1)OCCCCCCCCCCOc1ccc(C(=O)O)cc1. The molecule has 368 valence electrons. The Balaban J connectivity index is 1.24. The zero-order valence-electron chi connectivity index (χ0n) is 39.9. The normalized spacial score (nSPS) is 11.4. The minimum absolute atomic E-state index is 0.264. The number of hydrogen-bond acceptors (Lipinski definition) is 9. The van der Waals surface area contributed by atoms with Gasteiger partial charge in [0.25, 0.3) is 5.97 Å². The number of carboxylic acids is 3. The molecule has 0 spiro atoms. The molecule has 0 fully saturated rings. The molecule has 0 radical (unpaired) electrons. The van der Waals surface area contributed by atoms with Crippen molar-refractivity contribution in [1.82, 2.24) is 0 Å². The molecule has 0 bridgehead atoms. The Labute approximate surface area is 394 Å². The molecule has 3 N–H and O–H groups in total. The summed E-state index contributed by atoms with van der Waals surface area (Å²) in [6.45, 7) is 5.84. The molecule has 0 aliphatic carbocycles. The van der Waals surface area contributed by atoms with Gasteiger partial charge < -0.3 is 43.7 Å². The first-order valence-corrected chi connectivity index (χ1v) is 25.0. The topological polar surface area (TPSA) is 167 Å². The van der Waals surface area contributed by atoms with Gasteiger partial charge in [-0.1, -0.05) is 122 Å². The molecule has 0 atom stereocenters. The van der Waals surface area contributed by atoms with Crippen molar-refractivity contribution in [2.75, 3.05) is 39.6 Å². The lowest BCUT2D eigenvalue weighted by atomic mass is 10.1. The summed E-state index contributed by atoms with van der Waals surface area (Å²) in [5.74, 6) is -1.68. The number of unbranched alkanes of at least 4 members (excludes halogenated alkanes) is 21. The maximum absolute atomic E-state index is 11.0. The fourth-order valence-corrected chi connectivity index (χ4v) is 7.56. The number of aromatic carboxylic acids is 3.